The van der Waals surface area contributed by atoms with Gasteiger partial charge in [0.15, 0.2) is 11.6 Å². The van der Waals surface area contributed by atoms with Gasteiger partial charge in [0.25, 0.3) is 0 Å². The minimum absolute atomic E-state index is 0.0886. The standard InChI is InChI=1S/C23H20ClFN6O/c1-14-11-31(13-27-14)19-8-7-15(9-18(19)25)28-23-26-10-21-22(29-23)30(2)20(12-32-21)16-5-3-4-6-17(16)24/h3-11,13,20H,12H2,1-2H3,(H,26,28,29). The van der Waals surface area contributed by atoms with E-state index in [1.54, 1.807) is 35.4 Å². The maximum absolute atomic E-state index is 14.7. The molecule has 3 heterocycles. The van der Waals surface area contributed by atoms with Crippen LogP contribution in [0.4, 0.5) is 21.8 Å². The lowest BCUT2D eigenvalue weighted by atomic mass is 10.1. The summed E-state index contributed by atoms with van der Waals surface area (Å²) in [5, 5.41) is 3.74. The highest BCUT2D eigenvalue weighted by Gasteiger charge is 2.29. The monoisotopic (exact) mass is 450 g/mol. The number of aromatic nitrogens is 4. The average Bonchev–Trinajstić information content (AvgIpc) is 3.21. The van der Waals surface area contributed by atoms with Crippen LogP contribution < -0.4 is 15.0 Å². The van der Waals surface area contributed by atoms with E-state index in [1.807, 2.05) is 43.1 Å². The van der Waals surface area contributed by atoms with Crippen LogP contribution in [0.15, 0.2) is 61.2 Å². The van der Waals surface area contributed by atoms with Gasteiger partial charge < -0.3 is 19.5 Å². The summed E-state index contributed by atoms with van der Waals surface area (Å²) in [6.45, 7) is 2.29. The summed E-state index contributed by atoms with van der Waals surface area (Å²) < 4.78 is 22.2. The van der Waals surface area contributed by atoms with Crippen molar-refractivity contribution in [3.8, 4) is 11.4 Å². The molecule has 162 valence electrons. The van der Waals surface area contributed by atoms with Crippen LogP contribution in [0.5, 0.6) is 5.75 Å². The third-order valence-corrected chi connectivity index (χ3v) is 5.74. The van der Waals surface area contributed by atoms with Gasteiger partial charge in [0, 0.05) is 24.0 Å². The number of hydrogen-bond donors (Lipinski definition) is 1. The van der Waals surface area contributed by atoms with Crippen LogP contribution in [0.1, 0.15) is 17.3 Å². The number of hydrogen-bond acceptors (Lipinski definition) is 6. The second-order valence-electron chi connectivity index (χ2n) is 7.55. The van der Waals surface area contributed by atoms with Crippen molar-refractivity contribution < 1.29 is 9.13 Å². The molecule has 2 aromatic heterocycles. The number of imidazole rings is 1. The summed E-state index contributed by atoms with van der Waals surface area (Å²) >= 11 is 6.39. The molecule has 32 heavy (non-hydrogen) atoms. The zero-order chi connectivity index (χ0) is 22.2. The van der Waals surface area contributed by atoms with Crippen LogP contribution in [-0.2, 0) is 0 Å². The van der Waals surface area contributed by atoms with E-state index < -0.39 is 0 Å². The van der Waals surface area contributed by atoms with Crippen LogP contribution in [0.3, 0.4) is 0 Å². The third-order valence-electron chi connectivity index (χ3n) is 5.39. The smallest absolute Gasteiger partial charge is 0.229 e. The highest BCUT2D eigenvalue weighted by atomic mass is 35.5. The highest BCUT2D eigenvalue weighted by Crippen LogP contribution is 2.39. The molecule has 0 fully saturated rings. The summed E-state index contributed by atoms with van der Waals surface area (Å²) in [5.74, 6) is 1.16. The van der Waals surface area contributed by atoms with Crippen molar-refractivity contribution in [2.24, 2.45) is 0 Å². The Morgan fingerprint density at radius 2 is 2.03 bits per heavy atom. The molecule has 1 aliphatic rings. The molecule has 4 aromatic rings. The quantitative estimate of drug-likeness (QED) is 0.468. The second-order valence-corrected chi connectivity index (χ2v) is 7.96. The van der Waals surface area contributed by atoms with E-state index in [0.717, 1.165) is 11.3 Å². The lowest BCUT2D eigenvalue weighted by Crippen LogP contribution is -2.34. The van der Waals surface area contributed by atoms with Gasteiger partial charge in [0.2, 0.25) is 5.95 Å². The van der Waals surface area contributed by atoms with Crippen LogP contribution in [-0.4, -0.2) is 33.2 Å². The molecule has 7 nitrogen and oxygen atoms in total. The van der Waals surface area contributed by atoms with Crippen molar-refractivity contribution in [3.63, 3.8) is 0 Å². The topological polar surface area (TPSA) is 68.1 Å². The predicted molar refractivity (Wildman–Crippen MR) is 122 cm³/mol. The van der Waals surface area contributed by atoms with Gasteiger partial charge in [-0.1, -0.05) is 29.8 Å². The largest absolute Gasteiger partial charge is 0.486 e. The van der Waals surface area contributed by atoms with E-state index in [9.17, 15) is 4.39 Å². The first kappa shape index (κ1) is 20.3. The van der Waals surface area contributed by atoms with Gasteiger partial charge in [-0.05, 0) is 36.8 Å². The van der Waals surface area contributed by atoms with E-state index in [0.29, 0.717) is 40.5 Å². The molecule has 5 rings (SSSR count). The van der Waals surface area contributed by atoms with Crippen molar-refractivity contribution in [1.82, 2.24) is 19.5 Å². The van der Waals surface area contributed by atoms with E-state index in [2.05, 4.69) is 20.3 Å². The number of rotatable bonds is 4. The fourth-order valence-corrected chi connectivity index (χ4v) is 3.99. The molecule has 0 saturated heterocycles. The van der Waals surface area contributed by atoms with Crippen LogP contribution in [0, 0.1) is 12.7 Å². The summed E-state index contributed by atoms with van der Waals surface area (Å²) in [6, 6.07) is 12.4. The summed E-state index contributed by atoms with van der Waals surface area (Å²) in [4.78, 5) is 15.1. The molecule has 0 aliphatic carbocycles. The van der Waals surface area contributed by atoms with Gasteiger partial charge in [-0.15, -0.1) is 0 Å². The zero-order valence-electron chi connectivity index (χ0n) is 17.5. The number of likely N-dealkylation sites (N-methyl/N-ethyl adjacent to an activating group) is 1. The summed E-state index contributed by atoms with van der Waals surface area (Å²) in [7, 11) is 1.94. The molecule has 1 N–H and O–H groups in total. The van der Waals surface area contributed by atoms with E-state index >= 15 is 0 Å². The van der Waals surface area contributed by atoms with Crippen LogP contribution >= 0.6 is 11.6 Å². The number of nitrogens with one attached hydrogen (secondary N) is 1. The molecule has 9 heteroatoms. The van der Waals surface area contributed by atoms with Gasteiger partial charge in [0.05, 0.1) is 29.9 Å². The Morgan fingerprint density at radius 1 is 1.19 bits per heavy atom. The predicted octanol–water partition coefficient (Wildman–Crippen LogP) is 5.08. The van der Waals surface area contributed by atoms with Gasteiger partial charge in [-0.3, -0.25) is 0 Å². The fourth-order valence-electron chi connectivity index (χ4n) is 3.72. The number of ether oxygens (including phenoxy) is 1. The SMILES string of the molecule is Cc1cn(-c2ccc(Nc3ncc4c(n3)N(C)C(c3ccccc3Cl)CO4)cc2F)cn1. The van der Waals surface area contributed by atoms with Crippen molar-refractivity contribution in [1.29, 1.82) is 0 Å². The Balaban J connectivity index is 1.40. The molecule has 1 unspecified atom stereocenters. The Kier molecular flexibility index (Phi) is 5.14. The van der Waals surface area contributed by atoms with E-state index in [4.69, 9.17) is 16.3 Å². The van der Waals surface area contributed by atoms with Crippen molar-refractivity contribution in [2.45, 2.75) is 13.0 Å². The van der Waals surface area contributed by atoms with Gasteiger partial charge in [-0.25, -0.2) is 14.4 Å². The Bertz CT molecular complexity index is 1290. The van der Waals surface area contributed by atoms with Crippen LogP contribution in [0.2, 0.25) is 5.02 Å². The van der Waals surface area contributed by atoms with Crippen molar-refractivity contribution >= 4 is 29.1 Å². The first-order valence-electron chi connectivity index (χ1n) is 10.0. The molecule has 0 amide bonds. The number of aryl methyl sites for hydroxylation is 1. The number of benzene rings is 2. The molecule has 2 aromatic carbocycles. The molecule has 0 bridgehead atoms. The van der Waals surface area contributed by atoms with Crippen LogP contribution in [0.25, 0.3) is 5.69 Å². The minimum atomic E-state index is -0.385. The maximum Gasteiger partial charge on any atom is 0.229 e. The molecule has 0 radical (unpaired) electrons. The van der Waals surface area contributed by atoms with Gasteiger partial charge in [-0.2, -0.15) is 4.98 Å². The minimum Gasteiger partial charge on any atom is -0.486 e. The molecule has 0 saturated carbocycles. The number of anilines is 3. The Labute approximate surface area is 189 Å². The molecular formula is C23H20ClFN6O. The average molecular weight is 451 g/mol. The van der Waals surface area contributed by atoms with Gasteiger partial charge in [0.1, 0.15) is 12.4 Å². The lowest BCUT2D eigenvalue weighted by molar-refractivity contribution is 0.265. The zero-order valence-corrected chi connectivity index (χ0v) is 18.2. The number of fused-ring (bicyclic) bond motifs is 1. The lowest BCUT2D eigenvalue weighted by Gasteiger charge is -2.35. The first-order chi connectivity index (χ1) is 15.5. The fraction of sp³-hybridized carbons (Fsp3) is 0.174. The van der Waals surface area contributed by atoms with Gasteiger partial charge >= 0.3 is 0 Å². The normalized spacial score (nSPS) is 15.2. The van der Waals surface area contributed by atoms with E-state index in [-0.39, 0.29) is 11.9 Å². The Hall–Kier alpha value is -3.65. The molecule has 0 spiro atoms. The maximum atomic E-state index is 14.7. The molecule has 1 atom stereocenters. The van der Waals surface area contributed by atoms with E-state index in [1.165, 1.54) is 6.07 Å². The highest BCUT2D eigenvalue weighted by molar-refractivity contribution is 6.31. The molecular weight excluding hydrogens is 431 g/mol. The second kappa shape index (κ2) is 8.12. The number of halogens is 2. The Morgan fingerprint density at radius 3 is 2.78 bits per heavy atom. The third kappa shape index (κ3) is 3.73. The number of nitrogens with zero attached hydrogens (tertiary/aromatic N) is 5. The first-order valence-corrected chi connectivity index (χ1v) is 10.4. The van der Waals surface area contributed by atoms with Crippen molar-refractivity contribution in [2.75, 3.05) is 23.9 Å². The summed E-state index contributed by atoms with van der Waals surface area (Å²) in [5.41, 5.74) is 2.72. The molecule has 1 aliphatic heterocycles. The van der Waals surface area contributed by atoms with Crippen molar-refractivity contribution in [3.05, 3.63) is 83.3 Å². The summed E-state index contributed by atoms with van der Waals surface area (Å²) in [6.07, 6.45) is 4.96.